The number of carbonyl (C=O) groups is 1. The molecular weight excluding hydrogens is 320 g/mol. The summed E-state index contributed by atoms with van der Waals surface area (Å²) in [7, 11) is 0. The predicted molar refractivity (Wildman–Crippen MR) is 82.6 cm³/mol. The van der Waals surface area contributed by atoms with Gasteiger partial charge in [-0.15, -0.1) is 0 Å². The van der Waals surface area contributed by atoms with Gasteiger partial charge in [0.2, 0.25) is 0 Å². The van der Waals surface area contributed by atoms with Crippen LogP contribution in [0.25, 0.3) is 0 Å². The summed E-state index contributed by atoms with van der Waals surface area (Å²) in [4.78, 5) is 37.2. The van der Waals surface area contributed by atoms with E-state index in [0.717, 1.165) is 4.57 Å². The van der Waals surface area contributed by atoms with Crippen molar-refractivity contribution in [3.8, 4) is 0 Å². The number of aliphatic hydroxyl groups excluding tert-OH is 1. The molecule has 1 fully saturated rings. The quantitative estimate of drug-likeness (QED) is 0.666. The zero-order chi connectivity index (χ0) is 17.9. The largest absolute Gasteiger partial charge is 0.464 e. The first-order valence-corrected chi connectivity index (χ1v) is 7.81. The number of rotatable bonds is 6. The molecule has 9 nitrogen and oxygen atoms in total. The molecular formula is C15H22N2O7. The number of ether oxygens (including phenoxy) is 3. The molecule has 2 heterocycles. The summed E-state index contributed by atoms with van der Waals surface area (Å²) in [5, 5.41) is 10.3. The van der Waals surface area contributed by atoms with Crippen molar-refractivity contribution in [3.63, 3.8) is 0 Å². The third kappa shape index (κ3) is 3.74. The molecule has 1 saturated heterocycles. The Kier molecular flexibility index (Phi) is 5.92. The van der Waals surface area contributed by atoms with Crippen molar-refractivity contribution in [3.05, 3.63) is 32.6 Å². The zero-order valence-corrected chi connectivity index (χ0v) is 13.9. The van der Waals surface area contributed by atoms with Crippen LogP contribution in [0.4, 0.5) is 0 Å². The van der Waals surface area contributed by atoms with Gasteiger partial charge < -0.3 is 19.3 Å². The van der Waals surface area contributed by atoms with Gasteiger partial charge in [-0.05, 0) is 20.3 Å². The number of H-pyrrole nitrogens is 1. The van der Waals surface area contributed by atoms with Crippen LogP contribution in [0, 0.1) is 6.92 Å². The van der Waals surface area contributed by atoms with Crippen LogP contribution in [0.2, 0.25) is 0 Å². The van der Waals surface area contributed by atoms with Crippen molar-refractivity contribution in [2.45, 2.75) is 51.7 Å². The van der Waals surface area contributed by atoms with E-state index in [1.165, 1.54) is 6.20 Å². The van der Waals surface area contributed by atoms with E-state index in [2.05, 4.69) is 4.98 Å². The monoisotopic (exact) mass is 342 g/mol. The molecule has 134 valence electrons. The van der Waals surface area contributed by atoms with Crippen molar-refractivity contribution in [1.29, 1.82) is 0 Å². The van der Waals surface area contributed by atoms with Crippen molar-refractivity contribution < 1.29 is 24.1 Å². The maximum Gasteiger partial charge on any atom is 0.332 e. The van der Waals surface area contributed by atoms with Crippen LogP contribution in [0.3, 0.4) is 0 Å². The molecule has 0 aliphatic carbocycles. The van der Waals surface area contributed by atoms with Gasteiger partial charge in [0.05, 0.1) is 12.7 Å². The molecule has 9 heteroatoms. The van der Waals surface area contributed by atoms with Gasteiger partial charge in [0.1, 0.15) is 18.8 Å². The first-order chi connectivity index (χ1) is 11.4. The minimum atomic E-state index is -1.02. The van der Waals surface area contributed by atoms with Crippen molar-refractivity contribution >= 4 is 5.97 Å². The van der Waals surface area contributed by atoms with Gasteiger partial charge in [0.15, 0.2) is 6.23 Å². The van der Waals surface area contributed by atoms with Crippen LogP contribution in [0.1, 0.15) is 32.1 Å². The molecule has 0 bridgehead atoms. The molecule has 1 aromatic rings. The Bertz CT molecular complexity index is 696. The molecule has 0 spiro atoms. The molecule has 0 radical (unpaired) electrons. The van der Waals surface area contributed by atoms with Crippen LogP contribution in [0.15, 0.2) is 15.8 Å². The van der Waals surface area contributed by atoms with Crippen LogP contribution in [-0.4, -0.2) is 52.2 Å². The smallest absolute Gasteiger partial charge is 0.332 e. The summed E-state index contributed by atoms with van der Waals surface area (Å²) in [6.07, 6.45) is -1.63. The average Bonchev–Trinajstić information content (AvgIpc) is 2.85. The molecule has 0 aromatic carbocycles. The van der Waals surface area contributed by atoms with E-state index in [4.69, 9.17) is 14.2 Å². The lowest BCUT2D eigenvalue weighted by molar-refractivity contribution is -0.155. The third-order valence-electron chi connectivity index (χ3n) is 3.83. The van der Waals surface area contributed by atoms with Crippen LogP contribution >= 0.6 is 0 Å². The standard InChI is InChI=1S/C15H22N2O7/c1-4-9-11(19)12(23-7-10(18)22-5-2)14(24-9)17-6-8(3)13(20)16-15(17)21/h6,9,11-12,14,19H,4-5,7H2,1-3H3,(H,16,20,21)/t9-,11?,12+,14-/m1/s1. The molecule has 0 saturated carbocycles. The minimum absolute atomic E-state index is 0.214. The highest BCUT2D eigenvalue weighted by Gasteiger charge is 2.45. The Morgan fingerprint density at radius 1 is 1.42 bits per heavy atom. The lowest BCUT2D eigenvalue weighted by Gasteiger charge is -2.22. The van der Waals surface area contributed by atoms with Gasteiger partial charge in [-0.3, -0.25) is 14.3 Å². The topological polar surface area (TPSA) is 120 Å². The molecule has 4 atom stereocenters. The molecule has 1 aliphatic heterocycles. The average molecular weight is 342 g/mol. The lowest BCUT2D eigenvalue weighted by Crippen LogP contribution is -2.40. The van der Waals surface area contributed by atoms with E-state index in [9.17, 15) is 19.5 Å². The third-order valence-corrected chi connectivity index (χ3v) is 3.83. The number of hydrogen-bond donors (Lipinski definition) is 2. The molecule has 1 aromatic heterocycles. The van der Waals surface area contributed by atoms with E-state index in [1.54, 1.807) is 13.8 Å². The number of nitrogens with zero attached hydrogens (tertiary/aromatic N) is 1. The first kappa shape index (κ1) is 18.4. The Balaban J connectivity index is 2.28. The fourth-order valence-electron chi connectivity index (χ4n) is 2.60. The van der Waals surface area contributed by atoms with Gasteiger partial charge in [0.25, 0.3) is 5.56 Å². The highest BCUT2D eigenvalue weighted by atomic mass is 16.6. The second kappa shape index (κ2) is 7.73. The summed E-state index contributed by atoms with van der Waals surface area (Å²) >= 11 is 0. The van der Waals surface area contributed by atoms with Gasteiger partial charge in [-0.1, -0.05) is 6.92 Å². The highest BCUT2D eigenvalue weighted by molar-refractivity contribution is 5.70. The van der Waals surface area contributed by atoms with Crippen molar-refractivity contribution in [2.75, 3.05) is 13.2 Å². The minimum Gasteiger partial charge on any atom is -0.464 e. The molecule has 1 aliphatic rings. The Hall–Kier alpha value is -1.97. The zero-order valence-electron chi connectivity index (χ0n) is 13.9. The number of carbonyl (C=O) groups excluding carboxylic acids is 1. The molecule has 24 heavy (non-hydrogen) atoms. The summed E-state index contributed by atoms with van der Waals surface area (Å²) in [5.41, 5.74) is -0.855. The van der Waals surface area contributed by atoms with Crippen LogP contribution < -0.4 is 11.2 Å². The summed E-state index contributed by atoms with van der Waals surface area (Å²) < 4.78 is 17.1. The second-order valence-corrected chi connectivity index (χ2v) is 5.52. The normalized spacial score (nSPS) is 26.5. The van der Waals surface area contributed by atoms with E-state index < -0.39 is 41.8 Å². The van der Waals surface area contributed by atoms with Gasteiger partial charge in [0, 0.05) is 11.8 Å². The first-order valence-electron chi connectivity index (χ1n) is 7.81. The Morgan fingerprint density at radius 3 is 2.75 bits per heavy atom. The second-order valence-electron chi connectivity index (χ2n) is 5.52. The molecule has 1 unspecified atom stereocenters. The Morgan fingerprint density at radius 2 is 2.12 bits per heavy atom. The van der Waals surface area contributed by atoms with Crippen LogP contribution in [-0.2, 0) is 19.0 Å². The fourth-order valence-corrected chi connectivity index (χ4v) is 2.60. The highest BCUT2D eigenvalue weighted by Crippen LogP contribution is 2.32. The maximum atomic E-state index is 12.1. The van der Waals surface area contributed by atoms with E-state index in [-0.39, 0.29) is 13.2 Å². The lowest BCUT2D eigenvalue weighted by atomic mass is 10.1. The molecule has 2 rings (SSSR count). The van der Waals surface area contributed by atoms with Crippen molar-refractivity contribution in [1.82, 2.24) is 9.55 Å². The van der Waals surface area contributed by atoms with E-state index >= 15 is 0 Å². The van der Waals surface area contributed by atoms with E-state index in [0.29, 0.717) is 12.0 Å². The van der Waals surface area contributed by atoms with Crippen molar-refractivity contribution in [2.24, 2.45) is 0 Å². The number of aryl methyl sites for hydroxylation is 1. The number of aromatic amines is 1. The number of esters is 1. The summed E-state index contributed by atoms with van der Waals surface area (Å²) in [5.74, 6) is -0.576. The summed E-state index contributed by atoms with van der Waals surface area (Å²) in [6, 6.07) is 0. The number of nitrogens with one attached hydrogen (secondary N) is 1. The van der Waals surface area contributed by atoms with Gasteiger partial charge in [-0.2, -0.15) is 0 Å². The maximum absolute atomic E-state index is 12.1. The summed E-state index contributed by atoms with van der Waals surface area (Å²) in [6.45, 7) is 4.88. The Labute approximate surface area is 138 Å². The molecule has 2 N–H and O–H groups in total. The number of aliphatic hydroxyl groups is 1. The SMILES string of the molecule is CCOC(=O)CO[C@H]1C(O)[C@@H](CC)O[C@H]1n1cc(C)c(=O)[nH]c1=O. The number of hydrogen-bond acceptors (Lipinski definition) is 7. The molecule has 0 amide bonds. The fraction of sp³-hybridized carbons (Fsp3) is 0.667. The predicted octanol–water partition coefficient (Wildman–Crippen LogP) is -0.538. The van der Waals surface area contributed by atoms with Gasteiger partial charge in [-0.25, -0.2) is 9.59 Å². The van der Waals surface area contributed by atoms with Gasteiger partial charge >= 0.3 is 11.7 Å². The van der Waals surface area contributed by atoms with E-state index in [1.807, 2.05) is 6.92 Å². The van der Waals surface area contributed by atoms with Crippen LogP contribution in [0.5, 0.6) is 0 Å². The number of aromatic nitrogens is 2.